The van der Waals surface area contributed by atoms with Crippen LogP contribution in [0.15, 0.2) is 28.9 Å². The van der Waals surface area contributed by atoms with Crippen LogP contribution >= 0.6 is 0 Å². The Balaban J connectivity index is 1.81. The van der Waals surface area contributed by atoms with E-state index in [9.17, 15) is 9.59 Å². The molecule has 1 aromatic heterocycles. The Morgan fingerprint density at radius 3 is 2.80 bits per heavy atom. The molecule has 0 saturated carbocycles. The highest BCUT2D eigenvalue weighted by Gasteiger charge is 2.27. The van der Waals surface area contributed by atoms with Crippen molar-refractivity contribution < 1.29 is 18.7 Å². The molecule has 108 valence electrons. The average molecular weight is 277 g/mol. The highest BCUT2D eigenvalue weighted by molar-refractivity contribution is 5.91. The van der Waals surface area contributed by atoms with Crippen molar-refractivity contribution in [2.45, 2.75) is 19.8 Å². The van der Waals surface area contributed by atoms with Crippen LogP contribution < -0.4 is 0 Å². The summed E-state index contributed by atoms with van der Waals surface area (Å²) < 4.78 is 10.1. The van der Waals surface area contributed by atoms with Crippen LogP contribution in [-0.4, -0.2) is 36.5 Å². The third kappa shape index (κ3) is 3.73. The molecule has 1 saturated heterocycles. The lowest BCUT2D eigenvalue weighted by Gasteiger charge is -2.30. The second kappa shape index (κ2) is 6.93. The fourth-order valence-corrected chi connectivity index (χ4v) is 2.24. The predicted octanol–water partition coefficient (Wildman–Crippen LogP) is 2.09. The molecule has 5 nitrogen and oxygen atoms in total. The quantitative estimate of drug-likeness (QED) is 0.624. The van der Waals surface area contributed by atoms with Crippen LogP contribution in [-0.2, 0) is 14.3 Å². The summed E-state index contributed by atoms with van der Waals surface area (Å²) >= 11 is 0. The Kier molecular flexibility index (Phi) is 4.98. The van der Waals surface area contributed by atoms with Crippen LogP contribution in [0.1, 0.15) is 25.5 Å². The molecule has 1 amide bonds. The van der Waals surface area contributed by atoms with Gasteiger partial charge in [0.15, 0.2) is 0 Å². The van der Waals surface area contributed by atoms with E-state index in [-0.39, 0.29) is 17.8 Å². The monoisotopic (exact) mass is 277 g/mol. The normalized spacial score (nSPS) is 16.6. The van der Waals surface area contributed by atoms with Gasteiger partial charge in [-0.15, -0.1) is 0 Å². The second-order valence-electron chi connectivity index (χ2n) is 4.70. The number of furan rings is 1. The number of hydrogen-bond donors (Lipinski definition) is 0. The van der Waals surface area contributed by atoms with Crippen molar-refractivity contribution in [3.05, 3.63) is 30.2 Å². The first-order valence-corrected chi connectivity index (χ1v) is 6.88. The second-order valence-corrected chi connectivity index (χ2v) is 4.70. The summed E-state index contributed by atoms with van der Waals surface area (Å²) in [5.41, 5.74) is 0. The molecule has 20 heavy (non-hydrogen) atoms. The maximum Gasteiger partial charge on any atom is 0.309 e. The summed E-state index contributed by atoms with van der Waals surface area (Å²) in [6, 6.07) is 3.56. The lowest BCUT2D eigenvalue weighted by atomic mass is 9.97. The van der Waals surface area contributed by atoms with Gasteiger partial charge < -0.3 is 14.1 Å². The average Bonchev–Trinajstić information content (AvgIpc) is 2.98. The lowest BCUT2D eigenvalue weighted by molar-refractivity contribution is -0.150. The van der Waals surface area contributed by atoms with Gasteiger partial charge in [0, 0.05) is 19.2 Å². The molecule has 1 aromatic rings. The van der Waals surface area contributed by atoms with Gasteiger partial charge in [0.25, 0.3) is 0 Å². The zero-order chi connectivity index (χ0) is 14.4. The van der Waals surface area contributed by atoms with Gasteiger partial charge in [0.05, 0.1) is 18.8 Å². The van der Waals surface area contributed by atoms with Crippen LogP contribution in [0, 0.1) is 5.92 Å². The van der Waals surface area contributed by atoms with Gasteiger partial charge in [0.1, 0.15) is 5.76 Å². The minimum atomic E-state index is -0.147. The van der Waals surface area contributed by atoms with E-state index in [1.54, 1.807) is 36.3 Å². The van der Waals surface area contributed by atoms with Gasteiger partial charge in [0.2, 0.25) is 5.91 Å². The standard InChI is InChI=1S/C15H19NO4/c1-2-19-15(18)12-7-9-16(10-8-12)14(17)6-5-13-4-3-11-20-13/h3-6,11-12H,2,7-10H2,1H3. The molecule has 0 bridgehead atoms. The SMILES string of the molecule is CCOC(=O)C1CCN(C(=O)C=Cc2ccco2)CC1. The number of likely N-dealkylation sites (tertiary alicyclic amines) is 1. The highest BCUT2D eigenvalue weighted by Crippen LogP contribution is 2.19. The van der Waals surface area contributed by atoms with E-state index >= 15 is 0 Å². The number of ether oxygens (including phenoxy) is 1. The largest absolute Gasteiger partial charge is 0.466 e. The van der Waals surface area contributed by atoms with Crippen molar-refractivity contribution in [2.24, 2.45) is 5.92 Å². The van der Waals surface area contributed by atoms with Crippen LogP contribution in [0.4, 0.5) is 0 Å². The van der Waals surface area contributed by atoms with Gasteiger partial charge >= 0.3 is 5.97 Å². The molecule has 2 heterocycles. The molecule has 0 spiro atoms. The number of carbonyl (C=O) groups excluding carboxylic acids is 2. The van der Waals surface area contributed by atoms with Gasteiger partial charge in [-0.1, -0.05) is 0 Å². The summed E-state index contributed by atoms with van der Waals surface area (Å²) in [6.07, 6.45) is 6.05. The molecule has 0 unspecified atom stereocenters. The van der Waals surface area contributed by atoms with Crippen molar-refractivity contribution in [1.82, 2.24) is 4.90 Å². The first kappa shape index (κ1) is 14.4. The predicted molar refractivity (Wildman–Crippen MR) is 73.7 cm³/mol. The Bertz CT molecular complexity index is 470. The molecule has 0 aliphatic carbocycles. The van der Waals surface area contributed by atoms with Gasteiger partial charge in [-0.3, -0.25) is 9.59 Å². The third-order valence-electron chi connectivity index (χ3n) is 3.36. The van der Waals surface area contributed by atoms with E-state index in [4.69, 9.17) is 9.15 Å². The Hall–Kier alpha value is -2.04. The van der Waals surface area contributed by atoms with Crippen molar-refractivity contribution in [3.8, 4) is 0 Å². The summed E-state index contributed by atoms with van der Waals surface area (Å²) in [4.78, 5) is 25.3. The number of rotatable bonds is 4. The topological polar surface area (TPSA) is 59.8 Å². The smallest absolute Gasteiger partial charge is 0.309 e. The Morgan fingerprint density at radius 2 is 2.20 bits per heavy atom. The molecule has 2 rings (SSSR count). The van der Waals surface area contributed by atoms with Crippen LogP contribution in [0.2, 0.25) is 0 Å². The molecule has 0 N–H and O–H groups in total. The number of esters is 1. The maximum absolute atomic E-state index is 12.0. The van der Waals surface area contributed by atoms with E-state index in [1.807, 2.05) is 0 Å². The minimum Gasteiger partial charge on any atom is -0.466 e. The fourth-order valence-electron chi connectivity index (χ4n) is 2.24. The fraction of sp³-hybridized carbons (Fsp3) is 0.467. The molecule has 1 aliphatic heterocycles. The molecule has 0 atom stereocenters. The van der Waals surface area contributed by atoms with Crippen molar-refractivity contribution in [1.29, 1.82) is 0 Å². The number of carbonyl (C=O) groups is 2. The Morgan fingerprint density at radius 1 is 1.45 bits per heavy atom. The number of amides is 1. The van der Waals surface area contributed by atoms with E-state index in [0.29, 0.717) is 38.3 Å². The Labute approximate surface area is 118 Å². The summed E-state index contributed by atoms with van der Waals surface area (Å²) in [6.45, 7) is 3.38. The molecule has 0 radical (unpaired) electrons. The zero-order valence-electron chi connectivity index (χ0n) is 11.6. The van der Waals surface area contributed by atoms with Crippen LogP contribution in [0.25, 0.3) is 6.08 Å². The summed E-state index contributed by atoms with van der Waals surface area (Å²) in [5.74, 6) is 0.377. The van der Waals surface area contributed by atoms with Crippen molar-refractivity contribution in [3.63, 3.8) is 0 Å². The lowest BCUT2D eigenvalue weighted by Crippen LogP contribution is -2.39. The molecule has 5 heteroatoms. The molecular formula is C15H19NO4. The van der Waals surface area contributed by atoms with E-state index < -0.39 is 0 Å². The van der Waals surface area contributed by atoms with E-state index in [1.165, 1.54) is 6.08 Å². The van der Waals surface area contributed by atoms with Crippen molar-refractivity contribution in [2.75, 3.05) is 19.7 Å². The van der Waals surface area contributed by atoms with Crippen molar-refractivity contribution >= 4 is 18.0 Å². The first-order chi connectivity index (χ1) is 9.70. The summed E-state index contributed by atoms with van der Waals surface area (Å²) in [5, 5.41) is 0. The van der Waals surface area contributed by atoms with Crippen LogP contribution in [0.5, 0.6) is 0 Å². The minimum absolute atomic E-state index is 0.0521. The van der Waals surface area contributed by atoms with Crippen LogP contribution in [0.3, 0.4) is 0 Å². The molecule has 1 aliphatic rings. The molecular weight excluding hydrogens is 258 g/mol. The number of nitrogens with zero attached hydrogens (tertiary/aromatic N) is 1. The van der Waals surface area contributed by atoms with E-state index in [2.05, 4.69) is 0 Å². The van der Waals surface area contributed by atoms with Gasteiger partial charge in [-0.05, 0) is 38.0 Å². The molecule has 0 aromatic carbocycles. The highest BCUT2D eigenvalue weighted by atomic mass is 16.5. The summed E-state index contributed by atoms with van der Waals surface area (Å²) in [7, 11) is 0. The first-order valence-electron chi connectivity index (χ1n) is 6.88. The zero-order valence-corrected chi connectivity index (χ0v) is 11.6. The molecule has 1 fully saturated rings. The van der Waals surface area contributed by atoms with Gasteiger partial charge in [-0.2, -0.15) is 0 Å². The third-order valence-corrected chi connectivity index (χ3v) is 3.36. The maximum atomic E-state index is 12.0. The number of hydrogen-bond acceptors (Lipinski definition) is 4. The van der Waals surface area contributed by atoms with E-state index in [0.717, 1.165) is 0 Å². The van der Waals surface area contributed by atoms with Gasteiger partial charge in [-0.25, -0.2) is 0 Å². The number of piperidine rings is 1.